The number of nitrogens with zero attached hydrogens (tertiary/aromatic N) is 1. The van der Waals surface area contributed by atoms with Gasteiger partial charge in [-0.1, -0.05) is 23.2 Å². The molecular formula is C17H13Cl2NO3. The van der Waals surface area contributed by atoms with E-state index in [2.05, 4.69) is 0 Å². The van der Waals surface area contributed by atoms with Crippen molar-refractivity contribution >= 4 is 29.1 Å². The Balaban J connectivity index is 1.60. The maximum Gasteiger partial charge on any atom is 0.254 e. The molecule has 2 heterocycles. The molecule has 0 aromatic heterocycles. The van der Waals surface area contributed by atoms with Crippen LogP contribution in [0.3, 0.4) is 0 Å². The molecule has 1 amide bonds. The number of hydrogen-bond acceptors (Lipinski definition) is 3. The number of hydrogen-bond donors (Lipinski definition) is 0. The number of carbonyl (C=O) groups excluding carboxylic acids is 1. The molecule has 4 rings (SSSR count). The molecule has 2 aromatic rings. The molecule has 2 aliphatic heterocycles. The van der Waals surface area contributed by atoms with Crippen LogP contribution < -0.4 is 9.47 Å². The Hall–Kier alpha value is -1.91. The molecule has 0 bridgehead atoms. The van der Waals surface area contributed by atoms with Crippen molar-refractivity contribution in [1.82, 2.24) is 4.90 Å². The summed E-state index contributed by atoms with van der Waals surface area (Å²) in [4.78, 5) is 14.5. The maximum atomic E-state index is 12.7. The van der Waals surface area contributed by atoms with Gasteiger partial charge in [-0.05, 0) is 47.9 Å². The Kier molecular flexibility index (Phi) is 3.58. The van der Waals surface area contributed by atoms with Gasteiger partial charge in [0.25, 0.3) is 5.91 Å². The minimum Gasteiger partial charge on any atom is -0.454 e. The molecule has 0 saturated carbocycles. The molecule has 0 aliphatic carbocycles. The minimum atomic E-state index is -0.0492. The lowest BCUT2D eigenvalue weighted by Gasteiger charge is -2.29. The number of benzene rings is 2. The number of halogens is 2. The van der Waals surface area contributed by atoms with Crippen LogP contribution in [-0.4, -0.2) is 24.1 Å². The molecular weight excluding hydrogens is 337 g/mol. The van der Waals surface area contributed by atoms with Crippen LogP contribution in [0.1, 0.15) is 21.5 Å². The second-order valence-corrected chi connectivity index (χ2v) is 6.39. The first-order valence-corrected chi connectivity index (χ1v) is 8.03. The van der Waals surface area contributed by atoms with Crippen LogP contribution in [0, 0.1) is 0 Å². The summed E-state index contributed by atoms with van der Waals surface area (Å²) in [6, 6.07) is 8.94. The van der Waals surface area contributed by atoms with Gasteiger partial charge in [0.2, 0.25) is 6.79 Å². The normalized spacial score (nSPS) is 15.5. The lowest BCUT2D eigenvalue weighted by atomic mass is 9.98. The quantitative estimate of drug-likeness (QED) is 0.783. The van der Waals surface area contributed by atoms with Crippen LogP contribution >= 0.6 is 23.2 Å². The molecule has 0 N–H and O–H groups in total. The highest BCUT2D eigenvalue weighted by Gasteiger charge is 2.25. The molecule has 2 aliphatic rings. The zero-order valence-corrected chi connectivity index (χ0v) is 13.7. The maximum absolute atomic E-state index is 12.7. The van der Waals surface area contributed by atoms with Gasteiger partial charge in [0.05, 0.1) is 10.0 Å². The Morgan fingerprint density at radius 1 is 1.00 bits per heavy atom. The van der Waals surface area contributed by atoms with Crippen LogP contribution in [-0.2, 0) is 13.0 Å². The van der Waals surface area contributed by atoms with E-state index in [0.29, 0.717) is 28.7 Å². The van der Waals surface area contributed by atoms with Crippen LogP contribution in [0.15, 0.2) is 30.3 Å². The van der Waals surface area contributed by atoms with Crippen molar-refractivity contribution in [2.75, 3.05) is 13.3 Å². The molecule has 0 spiro atoms. The van der Waals surface area contributed by atoms with Gasteiger partial charge in [-0.3, -0.25) is 4.79 Å². The van der Waals surface area contributed by atoms with E-state index in [4.69, 9.17) is 32.7 Å². The Morgan fingerprint density at radius 3 is 2.48 bits per heavy atom. The van der Waals surface area contributed by atoms with Gasteiger partial charge in [-0.15, -0.1) is 0 Å². The van der Waals surface area contributed by atoms with Crippen molar-refractivity contribution in [1.29, 1.82) is 0 Å². The van der Waals surface area contributed by atoms with Gasteiger partial charge >= 0.3 is 0 Å². The van der Waals surface area contributed by atoms with E-state index in [1.807, 2.05) is 17.0 Å². The Bertz CT molecular complexity index is 807. The van der Waals surface area contributed by atoms with Crippen molar-refractivity contribution in [3.8, 4) is 11.5 Å². The van der Waals surface area contributed by atoms with Crippen LogP contribution in [0.5, 0.6) is 11.5 Å². The van der Waals surface area contributed by atoms with Crippen molar-refractivity contribution in [3.63, 3.8) is 0 Å². The summed E-state index contributed by atoms with van der Waals surface area (Å²) >= 11 is 11.9. The number of fused-ring (bicyclic) bond motifs is 2. The van der Waals surface area contributed by atoms with Gasteiger partial charge in [0.15, 0.2) is 11.5 Å². The molecule has 23 heavy (non-hydrogen) atoms. The molecule has 0 radical (unpaired) electrons. The molecule has 0 fully saturated rings. The lowest BCUT2D eigenvalue weighted by Crippen LogP contribution is -2.35. The van der Waals surface area contributed by atoms with E-state index < -0.39 is 0 Å². The highest BCUT2D eigenvalue weighted by molar-refractivity contribution is 6.42. The second-order valence-electron chi connectivity index (χ2n) is 5.58. The number of ether oxygens (including phenoxy) is 2. The van der Waals surface area contributed by atoms with Gasteiger partial charge in [-0.2, -0.15) is 0 Å². The van der Waals surface area contributed by atoms with Crippen molar-refractivity contribution in [2.24, 2.45) is 0 Å². The number of carbonyl (C=O) groups is 1. The fourth-order valence-electron chi connectivity index (χ4n) is 2.93. The highest BCUT2D eigenvalue weighted by atomic mass is 35.5. The largest absolute Gasteiger partial charge is 0.454 e. The minimum absolute atomic E-state index is 0.0492. The van der Waals surface area contributed by atoms with E-state index in [1.54, 1.807) is 18.2 Å². The summed E-state index contributed by atoms with van der Waals surface area (Å²) in [5, 5.41) is 0.832. The Morgan fingerprint density at radius 2 is 1.74 bits per heavy atom. The fraction of sp³-hybridized carbons (Fsp3) is 0.235. The van der Waals surface area contributed by atoms with E-state index >= 15 is 0 Å². The summed E-state index contributed by atoms with van der Waals surface area (Å²) in [7, 11) is 0. The average Bonchev–Trinajstić information content (AvgIpc) is 3.01. The van der Waals surface area contributed by atoms with E-state index in [-0.39, 0.29) is 12.7 Å². The zero-order valence-electron chi connectivity index (χ0n) is 12.1. The first-order chi connectivity index (χ1) is 11.1. The van der Waals surface area contributed by atoms with E-state index in [1.165, 1.54) is 5.56 Å². The topological polar surface area (TPSA) is 38.8 Å². The lowest BCUT2D eigenvalue weighted by molar-refractivity contribution is 0.0734. The van der Waals surface area contributed by atoms with Gasteiger partial charge in [-0.25, -0.2) is 0 Å². The number of rotatable bonds is 1. The van der Waals surface area contributed by atoms with Crippen molar-refractivity contribution in [3.05, 3.63) is 57.1 Å². The van der Waals surface area contributed by atoms with Crippen molar-refractivity contribution in [2.45, 2.75) is 13.0 Å². The van der Waals surface area contributed by atoms with Crippen LogP contribution in [0.4, 0.5) is 0 Å². The highest BCUT2D eigenvalue weighted by Crippen LogP contribution is 2.37. The molecule has 0 atom stereocenters. The second kappa shape index (κ2) is 5.62. The first-order valence-electron chi connectivity index (χ1n) is 7.27. The summed E-state index contributed by atoms with van der Waals surface area (Å²) in [6.45, 7) is 1.46. The first kappa shape index (κ1) is 14.7. The molecule has 2 aromatic carbocycles. The summed E-state index contributed by atoms with van der Waals surface area (Å²) < 4.78 is 10.8. The molecule has 0 unspecified atom stereocenters. The zero-order chi connectivity index (χ0) is 16.0. The fourth-order valence-corrected chi connectivity index (χ4v) is 3.23. The van der Waals surface area contributed by atoms with E-state index in [0.717, 1.165) is 23.5 Å². The standard InChI is InChI=1S/C17H13Cl2NO3/c18-13-2-1-11(5-14(13)19)17(21)20-4-3-10-6-15-16(23-9-22-15)7-12(10)8-20/h1-2,5-7H,3-4,8-9H2. The summed E-state index contributed by atoms with van der Waals surface area (Å²) in [5.41, 5.74) is 2.84. The Labute approximate surface area is 143 Å². The molecule has 4 nitrogen and oxygen atoms in total. The smallest absolute Gasteiger partial charge is 0.254 e. The predicted octanol–water partition coefficient (Wildman–Crippen LogP) is 3.92. The number of amides is 1. The van der Waals surface area contributed by atoms with Gasteiger partial charge in [0.1, 0.15) is 0 Å². The van der Waals surface area contributed by atoms with Crippen LogP contribution in [0.2, 0.25) is 10.0 Å². The summed E-state index contributed by atoms with van der Waals surface area (Å²) in [5.74, 6) is 1.48. The third-order valence-electron chi connectivity index (χ3n) is 4.16. The van der Waals surface area contributed by atoms with E-state index in [9.17, 15) is 4.79 Å². The van der Waals surface area contributed by atoms with Gasteiger partial charge in [0, 0.05) is 18.7 Å². The third-order valence-corrected chi connectivity index (χ3v) is 4.90. The predicted molar refractivity (Wildman–Crippen MR) is 87.5 cm³/mol. The van der Waals surface area contributed by atoms with Crippen LogP contribution in [0.25, 0.3) is 0 Å². The van der Waals surface area contributed by atoms with Crippen molar-refractivity contribution < 1.29 is 14.3 Å². The third kappa shape index (κ3) is 2.62. The summed E-state index contributed by atoms with van der Waals surface area (Å²) in [6.07, 6.45) is 0.791. The molecule has 0 saturated heterocycles. The molecule has 6 heteroatoms. The SMILES string of the molecule is O=C(c1ccc(Cl)c(Cl)c1)N1CCc2cc3c(cc2C1)OCO3. The van der Waals surface area contributed by atoms with Gasteiger partial charge < -0.3 is 14.4 Å². The monoisotopic (exact) mass is 349 g/mol. The molecule has 118 valence electrons. The average molecular weight is 350 g/mol.